The van der Waals surface area contributed by atoms with Crippen LogP contribution >= 0.6 is 0 Å². The molecule has 112 valence electrons. The van der Waals surface area contributed by atoms with E-state index in [1.807, 2.05) is 6.92 Å². The van der Waals surface area contributed by atoms with Crippen molar-refractivity contribution in [1.29, 1.82) is 0 Å². The monoisotopic (exact) mass is 287 g/mol. The molecule has 0 aliphatic rings. The highest BCUT2D eigenvalue weighted by molar-refractivity contribution is 5.39. The summed E-state index contributed by atoms with van der Waals surface area (Å²) in [6.07, 6.45) is 0. The molecule has 0 spiro atoms. The van der Waals surface area contributed by atoms with Gasteiger partial charge in [0.15, 0.2) is 0 Å². The molecule has 21 heavy (non-hydrogen) atoms. The molecule has 2 aromatic carbocycles. The van der Waals surface area contributed by atoms with Crippen molar-refractivity contribution in [2.24, 2.45) is 0 Å². The van der Waals surface area contributed by atoms with Crippen molar-refractivity contribution in [3.8, 4) is 5.75 Å². The van der Waals surface area contributed by atoms with Gasteiger partial charge in [-0.2, -0.15) is 0 Å². The summed E-state index contributed by atoms with van der Waals surface area (Å²) in [6.45, 7) is 6.91. The Bertz CT molecular complexity index is 604. The van der Waals surface area contributed by atoms with Crippen LogP contribution in [0.4, 0.5) is 4.39 Å². The summed E-state index contributed by atoms with van der Waals surface area (Å²) in [7, 11) is 1.54. The van der Waals surface area contributed by atoms with E-state index in [0.717, 1.165) is 12.1 Å². The Labute approximate surface area is 126 Å². The largest absolute Gasteiger partial charge is 0.497 e. The fourth-order valence-electron chi connectivity index (χ4n) is 2.66. The van der Waals surface area contributed by atoms with Gasteiger partial charge < -0.3 is 10.1 Å². The highest BCUT2D eigenvalue weighted by Crippen LogP contribution is 2.28. The zero-order valence-corrected chi connectivity index (χ0v) is 13.0. The van der Waals surface area contributed by atoms with Gasteiger partial charge in [0, 0.05) is 11.6 Å². The molecule has 1 unspecified atom stereocenters. The summed E-state index contributed by atoms with van der Waals surface area (Å²) in [4.78, 5) is 0. The van der Waals surface area contributed by atoms with E-state index < -0.39 is 0 Å². The van der Waals surface area contributed by atoms with Gasteiger partial charge in [0.25, 0.3) is 0 Å². The zero-order valence-electron chi connectivity index (χ0n) is 13.0. The molecule has 0 saturated heterocycles. The second kappa shape index (κ2) is 6.72. The number of halogens is 1. The Kier molecular flexibility index (Phi) is 4.97. The van der Waals surface area contributed by atoms with Crippen LogP contribution in [-0.4, -0.2) is 13.7 Å². The molecular weight excluding hydrogens is 265 g/mol. The van der Waals surface area contributed by atoms with Crippen LogP contribution in [0.1, 0.15) is 35.2 Å². The van der Waals surface area contributed by atoms with Gasteiger partial charge in [0.2, 0.25) is 0 Å². The molecule has 0 radical (unpaired) electrons. The van der Waals surface area contributed by atoms with Gasteiger partial charge in [-0.15, -0.1) is 0 Å². The van der Waals surface area contributed by atoms with E-state index in [4.69, 9.17) is 4.74 Å². The molecule has 1 atom stereocenters. The maximum Gasteiger partial charge on any atom is 0.132 e. The van der Waals surface area contributed by atoms with Gasteiger partial charge in [-0.05, 0) is 32.0 Å². The molecule has 0 aliphatic carbocycles. The first kappa shape index (κ1) is 15.5. The number of nitrogens with one attached hydrogen (secondary N) is 1. The van der Waals surface area contributed by atoms with Gasteiger partial charge in [-0.1, -0.05) is 42.3 Å². The number of hydrogen-bond donors (Lipinski definition) is 1. The summed E-state index contributed by atoms with van der Waals surface area (Å²) in [5.41, 5.74) is 4.09. The fourth-order valence-corrected chi connectivity index (χ4v) is 2.66. The lowest BCUT2D eigenvalue weighted by Crippen LogP contribution is -2.23. The first-order valence-electron chi connectivity index (χ1n) is 7.20. The van der Waals surface area contributed by atoms with E-state index in [1.54, 1.807) is 19.2 Å². The third kappa shape index (κ3) is 3.61. The standard InChI is InChI=1S/C18H22FNO/c1-5-20-18(14-9-12(2)8-13(3)10-14)16-7-6-15(21-4)11-17(16)19/h6-11,18,20H,5H2,1-4H3. The highest BCUT2D eigenvalue weighted by atomic mass is 19.1. The Morgan fingerprint density at radius 1 is 1.10 bits per heavy atom. The van der Waals surface area contributed by atoms with Gasteiger partial charge >= 0.3 is 0 Å². The van der Waals surface area contributed by atoms with Crippen molar-refractivity contribution in [2.45, 2.75) is 26.8 Å². The molecule has 0 saturated carbocycles. The topological polar surface area (TPSA) is 21.3 Å². The number of ether oxygens (including phenoxy) is 1. The first-order valence-corrected chi connectivity index (χ1v) is 7.20. The molecule has 1 N–H and O–H groups in total. The zero-order chi connectivity index (χ0) is 15.4. The van der Waals surface area contributed by atoms with Crippen molar-refractivity contribution in [2.75, 3.05) is 13.7 Å². The Morgan fingerprint density at radius 2 is 1.76 bits per heavy atom. The van der Waals surface area contributed by atoms with Crippen LogP contribution < -0.4 is 10.1 Å². The van der Waals surface area contributed by atoms with Crippen LogP contribution in [0.3, 0.4) is 0 Å². The molecule has 0 heterocycles. The van der Waals surface area contributed by atoms with Crippen LogP contribution in [0.15, 0.2) is 36.4 Å². The van der Waals surface area contributed by atoms with Gasteiger partial charge in [-0.25, -0.2) is 4.39 Å². The SMILES string of the molecule is CCNC(c1cc(C)cc(C)c1)c1ccc(OC)cc1F. The Balaban J connectivity index is 2.47. The second-order valence-corrected chi connectivity index (χ2v) is 5.30. The maximum absolute atomic E-state index is 14.4. The van der Waals surface area contributed by atoms with Crippen LogP contribution in [0.25, 0.3) is 0 Å². The van der Waals surface area contributed by atoms with Gasteiger partial charge in [0.1, 0.15) is 11.6 Å². The van der Waals surface area contributed by atoms with E-state index in [9.17, 15) is 4.39 Å². The van der Waals surface area contributed by atoms with Crippen molar-refractivity contribution in [1.82, 2.24) is 5.32 Å². The van der Waals surface area contributed by atoms with E-state index >= 15 is 0 Å². The number of benzene rings is 2. The molecule has 0 amide bonds. The molecule has 2 rings (SSSR count). The third-order valence-corrected chi connectivity index (χ3v) is 3.50. The van der Waals surface area contributed by atoms with Crippen LogP contribution in [-0.2, 0) is 0 Å². The number of methoxy groups -OCH3 is 1. The predicted octanol–water partition coefficient (Wildman–Crippen LogP) is 4.15. The Hall–Kier alpha value is -1.87. The Morgan fingerprint density at radius 3 is 2.29 bits per heavy atom. The molecule has 0 aliphatic heterocycles. The minimum atomic E-state index is -0.251. The van der Waals surface area contributed by atoms with Crippen molar-refractivity contribution in [3.63, 3.8) is 0 Å². The molecule has 2 nitrogen and oxygen atoms in total. The van der Waals surface area contributed by atoms with Crippen molar-refractivity contribution in [3.05, 3.63) is 64.5 Å². The smallest absolute Gasteiger partial charge is 0.132 e. The first-order chi connectivity index (χ1) is 10.0. The van der Waals surface area contributed by atoms with Gasteiger partial charge in [-0.3, -0.25) is 0 Å². The molecule has 2 aromatic rings. The van der Waals surface area contributed by atoms with Crippen LogP contribution in [0.5, 0.6) is 5.75 Å². The molecule has 3 heteroatoms. The number of rotatable bonds is 5. The maximum atomic E-state index is 14.4. The van der Waals surface area contributed by atoms with Gasteiger partial charge in [0.05, 0.1) is 13.2 Å². The highest BCUT2D eigenvalue weighted by Gasteiger charge is 2.18. The lowest BCUT2D eigenvalue weighted by atomic mass is 9.95. The van der Waals surface area contributed by atoms with Crippen molar-refractivity contribution < 1.29 is 9.13 Å². The minimum absolute atomic E-state index is 0.153. The predicted molar refractivity (Wildman–Crippen MR) is 84.4 cm³/mol. The number of hydrogen-bond acceptors (Lipinski definition) is 2. The minimum Gasteiger partial charge on any atom is -0.497 e. The number of aryl methyl sites for hydroxylation is 2. The lowest BCUT2D eigenvalue weighted by molar-refractivity contribution is 0.410. The normalized spacial score (nSPS) is 12.2. The van der Waals surface area contributed by atoms with Crippen LogP contribution in [0, 0.1) is 19.7 Å². The summed E-state index contributed by atoms with van der Waals surface area (Å²) >= 11 is 0. The average molecular weight is 287 g/mol. The summed E-state index contributed by atoms with van der Waals surface area (Å²) in [6, 6.07) is 11.2. The summed E-state index contributed by atoms with van der Waals surface area (Å²) < 4.78 is 19.5. The molecule has 0 bridgehead atoms. The van der Waals surface area contributed by atoms with E-state index in [-0.39, 0.29) is 11.9 Å². The molecule has 0 aromatic heterocycles. The summed E-state index contributed by atoms with van der Waals surface area (Å²) in [5.74, 6) is 0.284. The molecular formula is C18H22FNO. The lowest BCUT2D eigenvalue weighted by Gasteiger charge is -2.21. The third-order valence-electron chi connectivity index (χ3n) is 3.50. The second-order valence-electron chi connectivity index (χ2n) is 5.30. The fraction of sp³-hybridized carbons (Fsp3) is 0.333. The summed E-state index contributed by atoms with van der Waals surface area (Å²) in [5, 5.41) is 3.37. The average Bonchev–Trinajstić information content (AvgIpc) is 2.44. The van der Waals surface area contributed by atoms with E-state index in [0.29, 0.717) is 11.3 Å². The molecule has 0 fully saturated rings. The van der Waals surface area contributed by atoms with Crippen molar-refractivity contribution >= 4 is 0 Å². The quantitative estimate of drug-likeness (QED) is 0.892. The van der Waals surface area contributed by atoms with Crippen LogP contribution in [0.2, 0.25) is 0 Å². The van der Waals surface area contributed by atoms with E-state index in [2.05, 4.69) is 37.4 Å². The van der Waals surface area contributed by atoms with E-state index in [1.165, 1.54) is 17.2 Å².